The molecule has 3 aromatic rings. The van der Waals surface area contributed by atoms with E-state index in [4.69, 9.17) is 9.72 Å². The van der Waals surface area contributed by atoms with Gasteiger partial charge in [-0.3, -0.25) is 4.98 Å². The van der Waals surface area contributed by atoms with Crippen molar-refractivity contribution in [3.05, 3.63) is 81.4 Å². The predicted octanol–water partition coefficient (Wildman–Crippen LogP) is 8.07. The minimum Gasteiger partial charge on any atom is -0.388 e. The quantitative estimate of drug-likeness (QED) is 0.287. The van der Waals surface area contributed by atoms with Gasteiger partial charge in [-0.2, -0.15) is 0 Å². The van der Waals surface area contributed by atoms with Crippen LogP contribution in [0.1, 0.15) is 128 Å². The van der Waals surface area contributed by atoms with Gasteiger partial charge in [0.15, 0.2) is 6.17 Å². The molecular formula is C36H45F3N4O2. The molecule has 0 amide bonds. The number of alkyl halides is 3. The van der Waals surface area contributed by atoms with Crippen LogP contribution in [0.3, 0.4) is 0 Å². The first-order valence-electron chi connectivity index (χ1n) is 16.3. The van der Waals surface area contributed by atoms with Crippen molar-refractivity contribution < 1.29 is 23.0 Å². The van der Waals surface area contributed by atoms with E-state index in [1.54, 1.807) is 19.5 Å². The van der Waals surface area contributed by atoms with E-state index in [-0.39, 0.29) is 42.9 Å². The van der Waals surface area contributed by atoms with Crippen LogP contribution in [0, 0.1) is 12.3 Å². The van der Waals surface area contributed by atoms with Crippen LogP contribution in [0.15, 0.2) is 36.7 Å². The SMILES string of the molecule is COCc1cnc(N2CCC(c3nc4c(c(C5CCC(F)(F)CC5)c3[C@@H](F)c3ccc(C)cc3)[C@@H](O)CC(C)(C)C4)CC2)nc1. The molecule has 45 heavy (non-hydrogen) atoms. The monoisotopic (exact) mass is 622 g/mol. The smallest absolute Gasteiger partial charge is 0.248 e. The molecule has 2 aromatic heterocycles. The normalized spacial score (nSPS) is 22.7. The Labute approximate surface area is 264 Å². The van der Waals surface area contributed by atoms with Crippen molar-refractivity contribution in [3.63, 3.8) is 0 Å². The average molecular weight is 623 g/mol. The Bertz CT molecular complexity index is 1480. The van der Waals surface area contributed by atoms with Crippen LogP contribution < -0.4 is 4.90 Å². The maximum Gasteiger partial charge on any atom is 0.248 e. The molecule has 242 valence electrons. The Hall–Kier alpha value is -3.04. The predicted molar refractivity (Wildman–Crippen MR) is 169 cm³/mol. The summed E-state index contributed by atoms with van der Waals surface area (Å²) in [7, 11) is 1.64. The van der Waals surface area contributed by atoms with E-state index in [1.165, 1.54) is 0 Å². The van der Waals surface area contributed by atoms with Crippen molar-refractivity contribution in [2.45, 2.75) is 109 Å². The first kappa shape index (κ1) is 31.9. The Kier molecular flexibility index (Phi) is 8.96. The molecule has 2 aliphatic carbocycles. The van der Waals surface area contributed by atoms with Gasteiger partial charge in [0.2, 0.25) is 11.9 Å². The number of hydrogen-bond acceptors (Lipinski definition) is 6. The van der Waals surface area contributed by atoms with E-state index < -0.39 is 18.2 Å². The number of fused-ring (bicyclic) bond motifs is 1. The first-order chi connectivity index (χ1) is 21.4. The van der Waals surface area contributed by atoms with E-state index in [2.05, 4.69) is 28.7 Å². The van der Waals surface area contributed by atoms with Crippen LogP contribution >= 0.6 is 0 Å². The summed E-state index contributed by atoms with van der Waals surface area (Å²) in [5, 5.41) is 11.6. The molecule has 3 heterocycles. The molecular weight excluding hydrogens is 577 g/mol. The second kappa shape index (κ2) is 12.6. The summed E-state index contributed by atoms with van der Waals surface area (Å²) in [5.74, 6) is -2.34. The molecule has 1 saturated carbocycles. The Morgan fingerprint density at radius 2 is 1.62 bits per heavy atom. The standard InChI is InChI=1S/C36H45F3N4O2/c1-22-5-7-25(8-6-22)32(37)31-29(24-9-13-36(38,39)14-10-24)30-27(17-35(2,3)18-28(30)44)42-33(31)26-11-15-43(16-12-26)34-40-19-23(20-41-34)21-45-4/h5-8,19-20,24,26,28,32,44H,9-18,21H2,1-4H3/t28-,32-/m0/s1. The van der Waals surface area contributed by atoms with Crippen molar-refractivity contribution in [1.29, 1.82) is 0 Å². The number of hydrogen-bond donors (Lipinski definition) is 1. The van der Waals surface area contributed by atoms with Crippen molar-refractivity contribution >= 4 is 5.95 Å². The number of methoxy groups -OCH3 is 1. The minimum absolute atomic E-state index is 0.0241. The summed E-state index contributed by atoms with van der Waals surface area (Å²) in [4.78, 5) is 16.5. The number of aryl methyl sites for hydroxylation is 1. The molecule has 1 saturated heterocycles. The highest BCUT2D eigenvalue weighted by molar-refractivity contribution is 5.51. The van der Waals surface area contributed by atoms with Gasteiger partial charge in [0, 0.05) is 73.7 Å². The topological polar surface area (TPSA) is 71.4 Å². The van der Waals surface area contributed by atoms with Crippen molar-refractivity contribution in [1.82, 2.24) is 15.0 Å². The van der Waals surface area contributed by atoms with Crippen LogP contribution in [-0.4, -0.2) is 46.2 Å². The number of ether oxygens (including phenoxy) is 1. The van der Waals surface area contributed by atoms with Crippen LogP contribution in [0.2, 0.25) is 0 Å². The number of anilines is 1. The third-order valence-electron chi connectivity index (χ3n) is 10.1. The van der Waals surface area contributed by atoms with E-state index in [0.717, 1.165) is 40.9 Å². The van der Waals surface area contributed by atoms with Gasteiger partial charge >= 0.3 is 0 Å². The van der Waals surface area contributed by atoms with Crippen molar-refractivity contribution in [2.24, 2.45) is 5.41 Å². The largest absolute Gasteiger partial charge is 0.388 e. The number of nitrogens with zero attached hydrogens (tertiary/aromatic N) is 4. The van der Waals surface area contributed by atoms with Crippen LogP contribution in [0.4, 0.5) is 19.1 Å². The lowest BCUT2D eigenvalue weighted by Gasteiger charge is -2.41. The molecule has 3 aliphatic rings. The highest BCUT2D eigenvalue weighted by Gasteiger charge is 2.43. The van der Waals surface area contributed by atoms with E-state index in [9.17, 15) is 13.9 Å². The summed E-state index contributed by atoms with van der Waals surface area (Å²) in [6.45, 7) is 8.04. The Morgan fingerprint density at radius 1 is 0.978 bits per heavy atom. The zero-order chi connectivity index (χ0) is 31.9. The van der Waals surface area contributed by atoms with Gasteiger partial charge in [0.05, 0.1) is 18.4 Å². The van der Waals surface area contributed by atoms with Crippen LogP contribution in [-0.2, 0) is 17.8 Å². The highest BCUT2D eigenvalue weighted by Crippen LogP contribution is 2.52. The molecule has 2 atom stereocenters. The molecule has 6 nitrogen and oxygen atoms in total. The van der Waals surface area contributed by atoms with E-state index in [0.29, 0.717) is 55.2 Å². The van der Waals surface area contributed by atoms with Gasteiger partial charge in [0.25, 0.3) is 0 Å². The Balaban J connectivity index is 1.43. The zero-order valence-electron chi connectivity index (χ0n) is 26.8. The fourth-order valence-electron chi connectivity index (χ4n) is 7.72. The molecule has 0 radical (unpaired) electrons. The zero-order valence-corrected chi connectivity index (χ0v) is 26.8. The second-order valence-electron chi connectivity index (χ2n) is 14.2. The summed E-state index contributed by atoms with van der Waals surface area (Å²) >= 11 is 0. The lowest BCUT2D eigenvalue weighted by molar-refractivity contribution is -0.0385. The number of aliphatic hydroxyl groups excluding tert-OH is 1. The lowest BCUT2D eigenvalue weighted by Crippen LogP contribution is -2.36. The summed E-state index contributed by atoms with van der Waals surface area (Å²) in [6.07, 6.45) is 3.99. The van der Waals surface area contributed by atoms with Gasteiger partial charge in [-0.1, -0.05) is 43.7 Å². The molecule has 1 N–H and O–H groups in total. The average Bonchev–Trinajstić information content (AvgIpc) is 3.00. The summed E-state index contributed by atoms with van der Waals surface area (Å²) in [6, 6.07) is 7.44. The van der Waals surface area contributed by atoms with Gasteiger partial charge in [0.1, 0.15) is 0 Å². The van der Waals surface area contributed by atoms with Gasteiger partial charge in [-0.25, -0.2) is 23.1 Å². The van der Waals surface area contributed by atoms with Crippen molar-refractivity contribution in [3.8, 4) is 0 Å². The number of benzene rings is 1. The van der Waals surface area contributed by atoms with E-state index in [1.807, 2.05) is 31.2 Å². The number of pyridine rings is 1. The molecule has 0 spiro atoms. The number of aliphatic hydroxyl groups is 1. The molecule has 1 aromatic carbocycles. The lowest BCUT2D eigenvalue weighted by atomic mass is 9.68. The number of halogens is 3. The van der Waals surface area contributed by atoms with Crippen molar-refractivity contribution in [2.75, 3.05) is 25.1 Å². The minimum atomic E-state index is -2.71. The molecule has 6 rings (SSSR count). The fraction of sp³-hybridized carbons (Fsp3) is 0.583. The third-order valence-corrected chi connectivity index (χ3v) is 10.1. The number of aromatic nitrogens is 3. The molecule has 0 unspecified atom stereocenters. The second-order valence-corrected chi connectivity index (χ2v) is 14.2. The molecule has 0 bridgehead atoms. The molecule has 9 heteroatoms. The van der Waals surface area contributed by atoms with Gasteiger partial charge in [-0.05, 0) is 67.9 Å². The molecule has 2 fully saturated rings. The van der Waals surface area contributed by atoms with Crippen LogP contribution in [0.25, 0.3) is 0 Å². The molecule has 1 aliphatic heterocycles. The van der Waals surface area contributed by atoms with Gasteiger partial charge in [-0.15, -0.1) is 0 Å². The Morgan fingerprint density at radius 3 is 2.24 bits per heavy atom. The third kappa shape index (κ3) is 6.75. The summed E-state index contributed by atoms with van der Waals surface area (Å²) < 4.78 is 51.2. The highest BCUT2D eigenvalue weighted by atomic mass is 19.3. The van der Waals surface area contributed by atoms with Gasteiger partial charge < -0.3 is 14.7 Å². The number of rotatable bonds is 7. The first-order valence-corrected chi connectivity index (χ1v) is 16.3. The fourth-order valence-corrected chi connectivity index (χ4v) is 7.72. The maximum atomic E-state index is 17.2. The summed E-state index contributed by atoms with van der Waals surface area (Å²) in [5.41, 5.74) is 5.77. The van der Waals surface area contributed by atoms with E-state index >= 15 is 4.39 Å². The maximum absolute atomic E-state index is 17.2. The van der Waals surface area contributed by atoms with Crippen LogP contribution in [0.5, 0.6) is 0 Å². The number of piperidine rings is 1.